The number of nitrogens with one attached hydrogen (secondary N) is 2. The molecule has 3 aromatic carbocycles. The lowest BCUT2D eigenvalue weighted by atomic mass is 9.98. The minimum absolute atomic E-state index is 0.0304. The molecule has 2 aliphatic heterocycles. The molecule has 12 rings (SSSR count). The monoisotopic (exact) mass is 1150 g/mol. The number of fused-ring (bicyclic) bond motifs is 2. The van der Waals surface area contributed by atoms with E-state index in [0.717, 1.165) is 18.1 Å². The van der Waals surface area contributed by atoms with Crippen LogP contribution in [0.1, 0.15) is 23.1 Å². The number of anilines is 6. The number of nitrogens with zero attached hydrogens (tertiary/aromatic N) is 8. The van der Waals surface area contributed by atoms with Crippen molar-refractivity contribution >= 4 is 82.0 Å². The third-order valence-electron chi connectivity index (χ3n) is 15.1. The van der Waals surface area contributed by atoms with Crippen LogP contribution < -0.4 is 20.4 Å². The van der Waals surface area contributed by atoms with Crippen molar-refractivity contribution in [3.05, 3.63) is 160 Å². The fraction of sp³-hybridized carbons (Fsp3) is 0.254. The highest BCUT2D eigenvalue weighted by Gasteiger charge is 2.46. The molecule has 0 amide bonds. The Balaban J connectivity index is 0.859. The number of halogens is 5. The van der Waals surface area contributed by atoms with E-state index >= 15 is 13.2 Å². The topological polar surface area (TPSA) is 160 Å². The summed E-state index contributed by atoms with van der Waals surface area (Å²) in [6, 6.07) is 24.2. The van der Waals surface area contributed by atoms with Gasteiger partial charge in [-0.2, -0.15) is 0 Å². The van der Waals surface area contributed by atoms with Gasteiger partial charge in [0.05, 0.1) is 103 Å². The van der Waals surface area contributed by atoms with Crippen molar-refractivity contribution in [2.75, 3.05) is 72.7 Å². The Hall–Kier alpha value is -7.65. The third kappa shape index (κ3) is 10.3. The summed E-state index contributed by atoms with van der Waals surface area (Å²) in [4.78, 5) is 32.5. The Kier molecular flexibility index (Phi) is 14.0. The molecule has 6 aromatic heterocycles. The van der Waals surface area contributed by atoms with Gasteiger partial charge in [-0.15, -0.1) is 0 Å². The lowest BCUT2D eigenvalue weighted by Gasteiger charge is -2.34. The summed E-state index contributed by atoms with van der Waals surface area (Å²) in [6.45, 7) is 7.35. The van der Waals surface area contributed by atoms with E-state index in [1.807, 2.05) is 31.2 Å². The van der Waals surface area contributed by atoms with E-state index in [-0.39, 0.29) is 56.6 Å². The van der Waals surface area contributed by atoms with Gasteiger partial charge in [0.2, 0.25) is 0 Å². The van der Waals surface area contributed by atoms with Crippen LogP contribution in [-0.2, 0) is 25.7 Å². The predicted octanol–water partition coefficient (Wildman–Crippen LogP) is 12.1. The van der Waals surface area contributed by atoms with Gasteiger partial charge >= 0.3 is 0 Å². The first-order valence-electron chi connectivity index (χ1n) is 25.8. The Morgan fingerprint density at radius 3 is 1.99 bits per heavy atom. The zero-order valence-electron chi connectivity index (χ0n) is 43.1. The molecule has 9 aromatic rings. The smallest absolute Gasteiger partial charge is 0.175 e. The maximum atomic E-state index is 17.5. The summed E-state index contributed by atoms with van der Waals surface area (Å²) in [5.74, 6) is -1.83. The summed E-state index contributed by atoms with van der Waals surface area (Å²) >= 11 is 3.66. The minimum Gasteiger partial charge on any atom is -0.378 e. The van der Waals surface area contributed by atoms with Crippen LogP contribution in [-0.4, -0.2) is 96.7 Å². The zero-order valence-corrected chi connectivity index (χ0v) is 45.5. The molecule has 0 spiro atoms. The van der Waals surface area contributed by atoms with Crippen LogP contribution in [0.3, 0.4) is 0 Å². The molecule has 2 unspecified atom stereocenters. The fourth-order valence-corrected chi connectivity index (χ4v) is 11.8. The number of morpholine rings is 2. The Labute approximate surface area is 461 Å². The van der Waals surface area contributed by atoms with Crippen molar-refractivity contribution in [1.82, 2.24) is 29.9 Å². The SMILES string of the molecule is Cc1c(-c2ccccn2)nc2cc(F)cc(F)c2c1Nc1cc(N2CCOC([C@H]3CC3Cc3c(F)cc4nc(-c5ccccn5)c(C)c(Nc5cc(N6CCOCC6)ncc5Br)c4c3F)C2)ncc1-c1ccc(S(C)(=O)=O)cc1. The quantitative estimate of drug-likeness (QED) is 0.105. The number of benzene rings is 3. The first-order chi connectivity index (χ1) is 38.2. The molecule has 3 atom stereocenters. The zero-order chi connectivity index (χ0) is 54.7. The summed E-state index contributed by atoms with van der Waals surface area (Å²) in [5, 5.41) is 7.22. The normalized spacial score (nSPS) is 17.6. The average molecular weight is 1150 g/mol. The van der Waals surface area contributed by atoms with Crippen molar-refractivity contribution in [1.29, 1.82) is 0 Å². The van der Waals surface area contributed by atoms with Gasteiger partial charge in [0.1, 0.15) is 34.9 Å². The van der Waals surface area contributed by atoms with Gasteiger partial charge in [-0.25, -0.2) is 45.9 Å². The number of aromatic nitrogens is 6. The van der Waals surface area contributed by atoms with Crippen LogP contribution in [0.4, 0.5) is 51.9 Å². The molecular weight excluding hydrogens is 1100 g/mol. The van der Waals surface area contributed by atoms with Crippen LogP contribution in [0.15, 0.2) is 125 Å². The molecule has 1 saturated carbocycles. The van der Waals surface area contributed by atoms with E-state index in [2.05, 4.69) is 56.3 Å². The van der Waals surface area contributed by atoms with Gasteiger partial charge in [-0.05, 0) is 96.4 Å². The standard InChI is InChI=1S/C59H51BrF4N10O4S/c1-32-56(44-8-4-6-14-65-44)71-48-25-36(61)24-43(63)53(48)58(32)69-46-27-52(67-29-40(46)34-10-12-37(13-11-34)79(3,75)76)74-18-21-78-50(31-74)38-22-35(38)23-39-42(62)26-49-54(55(39)64)59(33(2)57(72-49)45-9-5-7-15-66-45)70-47-28-51(68-30-41(47)60)73-16-19-77-20-17-73/h4-15,24-30,35,38,50H,16-23,31H2,1-3H3,(H,67,69,71)(H,68,70,72)/t35?,38-,50?/m0/s1. The second-order valence-corrected chi connectivity index (χ2v) is 23.0. The van der Waals surface area contributed by atoms with E-state index in [0.29, 0.717) is 130 Å². The van der Waals surface area contributed by atoms with E-state index in [9.17, 15) is 12.8 Å². The minimum atomic E-state index is -3.51. The van der Waals surface area contributed by atoms with Crippen LogP contribution in [0.2, 0.25) is 0 Å². The second kappa shape index (κ2) is 21.2. The fourth-order valence-electron chi connectivity index (χ4n) is 10.9. The molecule has 14 nitrogen and oxygen atoms in total. The number of hydrogen-bond acceptors (Lipinski definition) is 14. The number of rotatable bonds is 13. The highest BCUT2D eigenvalue weighted by molar-refractivity contribution is 9.10. The molecule has 2 saturated heterocycles. The maximum absolute atomic E-state index is 17.5. The summed E-state index contributed by atoms with van der Waals surface area (Å²) in [6.07, 6.45) is 8.27. The largest absolute Gasteiger partial charge is 0.378 e. The van der Waals surface area contributed by atoms with Crippen molar-refractivity contribution < 1.29 is 35.5 Å². The highest BCUT2D eigenvalue weighted by atomic mass is 79.9. The number of sulfone groups is 1. The van der Waals surface area contributed by atoms with Crippen LogP contribution >= 0.6 is 15.9 Å². The van der Waals surface area contributed by atoms with Gasteiger partial charge in [0, 0.05) is 110 Å². The van der Waals surface area contributed by atoms with Crippen LogP contribution in [0, 0.1) is 49.0 Å². The van der Waals surface area contributed by atoms with Crippen LogP contribution in [0.25, 0.3) is 55.7 Å². The molecule has 1 aliphatic carbocycles. The maximum Gasteiger partial charge on any atom is 0.175 e. The number of hydrogen-bond donors (Lipinski definition) is 2. The first-order valence-corrected chi connectivity index (χ1v) is 28.5. The third-order valence-corrected chi connectivity index (χ3v) is 16.8. The first kappa shape index (κ1) is 52.1. The number of pyridine rings is 6. The summed E-state index contributed by atoms with van der Waals surface area (Å²) < 4.78 is 103. The summed E-state index contributed by atoms with van der Waals surface area (Å²) in [5.41, 5.74) is 6.42. The molecule has 79 heavy (non-hydrogen) atoms. The molecular formula is C59H51BrF4N10O4S. The molecule has 0 radical (unpaired) electrons. The molecule has 402 valence electrons. The Bertz CT molecular complexity index is 3960. The van der Waals surface area contributed by atoms with Gasteiger partial charge in [0.25, 0.3) is 0 Å². The molecule has 3 aliphatic rings. The number of ether oxygens (including phenoxy) is 2. The van der Waals surface area contributed by atoms with Crippen LogP contribution in [0.5, 0.6) is 0 Å². The predicted molar refractivity (Wildman–Crippen MR) is 301 cm³/mol. The molecule has 0 bridgehead atoms. The lowest BCUT2D eigenvalue weighted by Crippen LogP contribution is -2.44. The molecule has 2 N–H and O–H groups in total. The summed E-state index contributed by atoms with van der Waals surface area (Å²) in [7, 11) is -3.51. The molecule has 8 heterocycles. The van der Waals surface area contributed by atoms with Crippen molar-refractivity contribution in [3.63, 3.8) is 0 Å². The van der Waals surface area contributed by atoms with Gasteiger partial charge in [-0.1, -0.05) is 24.3 Å². The average Bonchev–Trinajstić information content (AvgIpc) is 4.28. The van der Waals surface area contributed by atoms with Crippen molar-refractivity contribution in [3.8, 4) is 33.9 Å². The van der Waals surface area contributed by atoms with Gasteiger partial charge in [-0.3, -0.25) is 9.97 Å². The Morgan fingerprint density at radius 1 is 0.696 bits per heavy atom. The molecule has 3 fully saturated rings. The lowest BCUT2D eigenvalue weighted by molar-refractivity contribution is 0.0226. The molecule has 20 heteroatoms. The van der Waals surface area contributed by atoms with Gasteiger partial charge < -0.3 is 29.9 Å². The van der Waals surface area contributed by atoms with Crippen molar-refractivity contribution in [2.45, 2.75) is 37.7 Å². The van der Waals surface area contributed by atoms with E-state index in [1.54, 1.807) is 68.1 Å². The second-order valence-electron chi connectivity index (χ2n) is 20.2. The highest BCUT2D eigenvalue weighted by Crippen LogP contribution is 2.48. The van der Waals surface area contributed by atoms with Gasteiger partial charge in [0.15, 0.2) is 9.84 Å². The Morgan fingerprint density at radius 2 is 1.32 bits per heavy atom. The van der Waals surface area contributed by atoms with E-state index < -0.39 is 33.1 Å². The van der Waals surface area contributed by atoms with Crippen molar-refractivity contribution in [2.24, 2.45) is 11.8 Å². The van der Waals surface area contributed by atoms with E-state index in [1.165, 1.54) is 24.3 Å². The van der Waals surface area contributed by atoms with E-state index in [4.69, 9.17) is 19.4 Å².